The third kappa shape index (κ3) is 5.33. The van der Waals surface area contributed by atoms with Gasteiger partial charge < -0.3 is 10.0 Å². The van der Waals surface area contributed by atoms with Crippen LogP contribution in [0.25, 0.3) is 0 Å². The first-order chi connectivity index (χ1) is 7.99. The van der Waals surface area contributed by atoms with Gasteiger partial charge in [0.2, 0.25) is 5.91 Å². The summed E-state index contributed by atoms with van der Waals surface area (Å²) < 4.78 is 1.03. The molecule has 0 aliphatic heterocycles. The molecule has 0 aromatic heterocycles. The van der Waals surface area contributed by atoms with E-state index in [1.54, 1.807) is 18.9 Å². The van der Waals surface area contributed by atoms with Crippen LogP contribution in [0, 0.1) is 0 Å². The van der Waals surface area contributed by atoms with Crippen molar-refractivity contribution in [3.8, 4) is 0 Å². The number of hydrogen-bond acceptors (Lipinski definition) is 2. The molecule has 0 heterocycles. The Hall–Kier alpha value is -0.870. The SMILES string of the molecule is CC(O)CN(C)C(=O)CCc1cccc(Br)c1. The summed E-state index contributed by atoms with van der Waals surface area (Å²) in [4.78, 5) is 13.3. The molecule has 17 heavy (non-hydrogen) atoms. The Morgan fingerprint density at radius 2 is 2.24 bits per heavy atom. The molecule has 1 rings (SSSR count). The van der Waals surface area contributed by atoms with E-state index in [1.807, 2.05) is 24.3 Å². The summed E-state index contributed by atoms with van der Waals surface area (Å²) >= 11 is 3.40. The molecule has 1 N–H and O–H groups in total. The molecule has 3 nitrogen and oxygen atoms in total. The maximum atomic E-state index is 11.7. The van der Waals surface area contributed by atoms with Crippen molar-refractivity contribution in [1.82, 2.24) is 4.90 Å². The van der Waals surface area contributed by atoms with E-state index >= 15 is 0 Å². The van der Waals surface area contributed by atoms with Crippen molar-refractivity contribution in [3.05, 3.63) is 34.3 Å². The van der Waals surface area contributed by atoms with Gasteiger partial charge in [0, 0.05) is 24.5 Å². The van der Waals surface area contributed by atoms with E-state index in [2.05, 4.69) is 15.9 Å². The molecule has 0 saturated heterocycles. The molecule has 1 aromatic carbocycles. The Balaban J connectivity index is 2.43. The Bertz CT molecular complexity index is 379. The first kappa shape index (κ1) is 14.2. The van der Waals surface area contributed by atoms with Crippen LogP contribution in [0.3, 0.4) is 0 Å². The van der Waals surface area contributed by atoms with Crippen LogP contribution < -0.4 is 0 Å². The average Bonchev–Trinajstić information content (AvgIpc) is 2.25. The van der Waals surface area contributed by atoms with Crippen LogP contribution in [0.4, 0.5) is 0 Å². The number of amides is 1. The molecule has 0 bridgehead atoms. The predicted octanol–water partition coefficient (Wildman–Crippen LogP) is 2.22. The van der Waals surface area contributed by atoms with Gasteiger partial charge in [0.25, 0.3) is 0 Å². The highest BCUT2D eigenvalue weighted by molar-refractivity contribution is 9.10. The fourth-order valence-electron chi connectivity index (χ4n) is 1.63. The number of aryl methyl sites for hydroxylation is 1. The minimum absolute atomic E-state index is 0.0610. The number of likely N-dealkylation sites (N-methyl/N-ethyl adjacent to an activating group) is 1. The maximum absolute atomic E-state index is 11.7. The second-order valence-corrected chi connectivity index (χ2v) is 5.17. The van der Waals surface area contributed by atoms with Gasteiger partial charge >= 0.3 is 0 Å². The van der Waals surface area contributed by atoms with Gasteiger partial charge in [-0.3, -0.25) is 4.79 Å². The molecule has 1 aromatic rings. The molecule has 0 spiro atoms. The number of carbonyl (C=O) groups is 1. The highest BCUT2D eigenvalue weighted by Gasteiger charge is 2.10. The number of aliphatic hydroxyl groups excluding tert-OH is 1. The zero-order valence-electron chi connectivity index (χ0n) is 10.2. The second-order valence-electron chi connectivity index (χ2n) is 4.25. The number of rotatable bonds is 5. The van der Waals surface area contributed by atoms with Gasteiger partial charge in [0.15, 0.2) is 0 Å². The Labute approximate surface area is 111 Å². The van der Waals surface area contributed by atoms with Crippen molar-refractivity contribution in [2.75, 3.05) is 13.6 Å². The predicted molar refractivity (Wildman–Crippen MR) is 71.8 cm³/mol. The lowest BCUT2D eigenvalue weighted by atomic mass is 10.1. The fraction of sp³-hybridized carbons (Fsp3) is 0.462. The summed E-state index contributed by atoms with van der Waals surface area (Å²) in [6.45, 7) is 2.06. The molecular weight excluding hydrogens is 282 g/mol. The van der Waals surface area contributed by atoms with E-state index in [0.717, 1.165) is 16.5 Å². The van der Waals surface area contributed by atoms with E-state index in [1.165, 1.54) is 0 Å². The van der Waals surface area contributed by atoms with Crippen LogP contribution >= 0.6 is 15.9 Å². The van der Waals surface area contributed by atoms with E-state index in [0.29, 0.717) is 13.0 Å². The van der Waals surface area contributed by atoms with Crippen LogP contribution in [-0.4, -0.2) is 35.6 Å². The number of carbonyl (C=O) groups excluding carboxylic acids is 1. The summed E-state index contributed by atoms with van der Waals surface area (Å²) in [5.41, 5.74) is 1.14. The maximum Gasteiger partial charge on any atom is 0.222 e. The van der Waals surface area contributed by atoms with Gasteiger partial charge in [-0.1, -0.05) is 28.1 Å². The molecule has 4 heteroatoms. The van der Waals surface area contributed by atoms with Gasteiger partial charge in [-0.05, 0) is 31.0 Å². The number of halogens is 1. The molecule has 1 atom stereocenters. The van der Waals surface area contributed by atoms with Crippen LogP contribution in [-0.2, 0) is 11.2 Å². The minimum Gasteiger partial charge on any atom is -0.392 e. The van der Waals surface area contributed by atoms with Crippen LogP contribution in [0.1, 0.15) is 18.9 Å². The molecule has 0 aliphatic carbocycles. The lowest BCUT2D eigenvalue weighted by Gasteiger charge is -2.18. The molecule has 94 valence electrons. The molecular formula is C13H18BrNO2. The number of aliphatic hydroxyl groups is 1. The Kier molecular flexibility index (Phi) is 5.65. The number of nitrogens with zero attached hydrogens (tertiary/aromatic N) is 1. The van der Waals surface area contributed by atoms with Gasteiger partial charge in [-0.15, -0.1) is 0 Å². The highest BCUT2D eigenvalue weighted by atomic mass is 79.9. The van der Waals surface area contributed by atoms with Crippen LogP contribution in [0.2, 0.25) is 0 Å². The summed E-state index contributed by atoms with van der Waals surface area (Å²) in [5, 5.41) is 9.19. The number of benzene rings is 1. The van der Waals surface area contributed by atoms with E-state index in [4.69, 9.17) is 0 Å². The lowest BCUT2D eigenvalue weighted by molar-refractivity contribution is -0.131. The average molecular weight is 300 g/mol. The molecule has 0 saturated carbocycles. The van der Waals surface area contributed by atoms with Crippen molar-refractivity contribution in [2.45, 2.75) is 25.9 Å². The second kappa shape index (κ2) is 6.77. The van der Waals surface area contributed by atoms with Crippen molar-refractivity contribution in [2.24, 2.45) is 0 Å². The van der Waals surface area contributed by atoms with Crippen molar-refractivity contribution >= 4 is 21.8 Å². The topological polar surface area (TPSA) is 40.5 Å². The van der Waals surface area contributed by atoms with E-state index < -0.39 is 6.10 Å². The molecule has 0 aliphatic rings. The lowest BCUT2D eigenvalue weighted by Crippen LogP contribution is -2.33. The quantitative estimate of drug-likeness (QED) is 0.906. The fourth-order valence-corrected chi connectivity index (χ4v) is 2.08. The van der Waals surface area contributed by atoms with Crippen LogP contribution in [0.15, 0.2) is 28.7 Å². The third-order valence-electron chi connectivity index (χ3n) is 2.48. The molecule has 1 amide bonds. The normalized spacial score (nSPS) is 12.2. The summed E-state index contributed by atoms with van der Waals surface area (Å²) in [7, 11) is 1.72. The van der Waals surface area contributed by atoms with Crippen LogP contribution in [0.5, 0.6) is 0 Å². The zero-order chi connectivity index (χ0) is 12.8. The summed E-state index contributed by atoms with van der Waals surface area (Å²) in [6.07, 6.45) is 0.720. The van der Waals surface area contributed by atoms with Gasteiger partial charge in [0.1, 0.15) is 0 Å². The van der Waals surface area contributed by atoms with Crippen molar-refractivity contribution in [1.29, 1.82) is 0 Å². The van der Waals surface area contributed by atoms with Crippen molar-refractivity contribution in [3.63, 3.8) is 0 Å². The zero-order valence-corrected chi connectivity index (χ0v) is 11.8. The Morgan fingerprint density at radius 1 is 1.53 bits per heavy atom. The summed E-state index contributed by atoms with van der Waals surface area (Å²) in [5.74, 6) is 0.0610. The standard InChI is InChI=1S/C13H18BrNO2/c1-10(16)9-15(2)13(17)7-6-11-4-3-5-12(14)8-11/h3-5,8,10,16H,6-7,9H2,1-2H3. The van der Waals surface area contributed by atoms with Gasteiger partial charge in [-0.2, -0.15) is 0 Å². The largest absolute Gasteiger partial charge is 0.392 e. The first-order valence-electron chi connectivity index (χ1n) is 5.65. The number of hydrogen-bond donors (Lipinski definition) is 1. The van der Waals surface area contributed by atoms with Gasteiger partial charge in [-0.25, -0.2) is 0 Å². The molecule has 0 fully saturated rings. The first-order valence-corrected chi connectivity index (χ1v) is 6.45. The summed E-state index contributed by atoms with van der Waals surface area (Å²) in [6, 6.07) is 7.95. The molecule has 0 radical (unpaired) electrons. The van der Waals surface area contributed by atoms with Gasteiger partial charge in [0.05, 0.1) is 6.10 Å². The molecule has 1 unspecified atom stereocenters. The minimum atomic E-state index is -0.477. The van der Waals surface area contributed by atoms with E-state index in [9.17, 15) is 9.90 Å². The smallest absolute Gasteiger partial charge is 0.222 e. The monoisotopic (exact) mass is 299 g/mol. The highest BCUT2D eigenvalue weighted by Crippen LogP contribution is 2.13. The third-order valence-corrected chi connectivity index (χ3v) is 2.97. The van der Waals surface area contributed by atoms with Crippen molar-refractivity contribution < 1.29 is 9.90 Å². The van der Waals surface area contributed by atoms with E-state index in [-0.39, 0.29) is 5.91 Å². The Morgan fingerprint density at radius 3 is 2.82 bits per heavy atom.